The molecule has 1 aromatic heterocycles. The van der Waals surface area contributed by atoms with Crippen LogP contribution in [-0.4, -0.2) is 40.5 Å². The molecule has 1 N–H and O–H groups in total. The first kappa shape index (κ1) is 18.1. The number of rotatable bonds is 6. The monoisotopic (exact) mass is 362 g/mol. The Morgan fingerprint density at radius 1 is 1.40 bits per heavy atom. The fourth-order valence-electron chi connectivity index (χ4n) is 3.59. The first-order valence-electron chi connectivity index (χ1n) is 8.59. The van der Waals surface area contributed by atoms with Gasteiger partial charge >= 0.3 is 0 Å². The summed E-state index contributed by atoms with van der Waals surface area (Å²) in [5.74, 6) is 1.70. The second-order valence-electron chi connectivity index (χ2n) is 6.60. The zero-order chi connectivity index (χ0) is 17.8. The summed E-state index contributed by atoms with van der Waals surface area (Å²) in [5, 5.41) is 1.14. The Balaban J connectivity index is 1.69. The molecular formula is C18H24N3O3S-. The summed E-state index contributed by atoms with van der Waals surface area (Å²) >= 11 is -2.17. The molecule has 2 heterocycles. The van der Waals surface area contributed by atoms with E-state index in [2.05, 4.69) is 33.7 Å². The minimum Gasteiger partial charge on any atom is -0.760 e. The Hall–Kier alpha value is -1.70. The Labute approximate surface area is 151 Å². The van der Waals surface area contributed by atoms with Crippen molar-refractivity contribution in [2.24, 2.45) is 11.8 Å². The third-order valence-electron chi connectivity index (χ3n) is 5.14. The maximum absolute atomic E-state index is 10.7. The van der Waals surface area contributed by atoms with Crippen molar-refractivity contribution in [2.45, 2.75) is 19.8 Å². The van der Waals surface area contributed by atoms with E-state index in [1.165, 1.54) is 5.69 Å². The van der Waals surface area contributed by atoms with Crippen LogP contribution in [0.3, 0.4) is 0 Å². The van der Waals surface area contributed by atoms with Gasteiger partial charge in [0.25, 0.3) is 0 Å². The molecule has 0 amide bonds. The van der Waals surface area contributed by atoms with E-state index in [0.29, 0.717) is 18.4 Å². The van der Waals surface area contributed by atoms with Gasteiger partial charge in [-0.2, -0.15) is 0 Å². The van der Waals surface area contributed by atoms with Crippen LogP contribution in [0.2, 0.25) is 0 Å². The average Bonchev–Trinajstić information content (AvgIpc) is 2.65. The van der Waals surface area contributed by atoms with Crippen molar-refractivity contribution in [3.63, 3.8) is 0 Å². The number of nitrogens with one attached hydrogen (secondary N) is 1. The zero-order valence-electron chi connectivity index (χ0n) is 14.6. The highest BCUT2D eigenvalue weighted by molar-refractivity contribution is 7.77. The maximum atomic E-state index is 10.7. The van der Waals surface area contributed by atoms with E-state index in [1.807, 2.05) is 18.3 Å². The molecule has 0 radical (unpaired) electrons. The summed E-state index contributed by atoms with van der Waals surface area (Å²) in [6, 6.07) is 8.07. The Morgan fingerprint density at radius 3 is 2.84 bits per heavy atom. The van der Waals surface area contributed by atoms with Crippen LogP contribution in [0.1, 0.15) is 19.8 Å². The van der Waals surface area contributed by atoms with E-state index < -0.39 is 11.3 Å². The number of methoxy groups -OCH3 is 1. The minimum absolute atomic E-state index is 0.346. The van der Waals surface area contributed by atoms with Gasteiger partial charge in [-0.15, -0.1) is 0 Å². The summed E-state index contributed by atoms with van der Waals surface area (Å²) in [6.07, 6.45) is 3.97. The van der Waals surface area contributed by atoms with Crippen molar-refractivity contribution >= 4 is 27.9 Å². The van der Waals surface area contributed by atoms with E-state index in [-0.39, 0.29) is 0 Å². The van der Waals surface area contributed by atoms with E-state index >= 15 is 0 Å². The minimum atomic E-state index is -2.17. The lowest BCUT2D eigenvalue weighted by Gasteiger charge is -2.36. The van der Waals surface area contributed by atoms with Crippen LogP contribution >= 0.6 is 0 Å². The Bertz CT molecular complexity index is 747. The number of fused-ring (bicyclic) bond motifs is 1. The maximum Gasteiger partial charge on any atom is 0.121 e. The van der Waals surface area contributed by atoms with Gasteiger partial charge in [0.1, 0.15) is 5.75 Å². The van der Waals surface area contributed by atoms with E-state index in [4.69, 9.17) is 4.74 Å². The molecule has 1 aromatic carbocycles. The number of benzene rings is 1. The molecule has 0 spiro atoms. The van der Waals surface area contributed by atoms with Gasteiger partial charge in [-0.25, -0.2) is 4.72 Å². The highest BCUT2D eigenvalue weighted by Crippen LogP contribution is 2.32. The first-order chi connectivity index (χ1) is 12.1. The van der Waals surface area contributed by atoms with Gasteiger partial charge in [-0.3, -0.25) is 9.19 Å². The molecule has 7 heteroatoms. The lowest BCUT2D eigenvalue weighted by molar-refractivity contribution is 0.292. The molecular weight excluding hydrogens is 338 g/mol. The van der Waals surface area contributed by atoms with Crippen molar-refractivity contribution in [1.82, 2.24) is 9.71 Å². The molecule has 1 fully saturated rings. The Morgan fingerprint density at radius 2 is 2.16 bits per heavy atom. The summed E-state index contributed by atoms with van der Waals surface area (Å²) in [4.78, 5) is 6.86. The van der Waals surface area contributed by atoms with Crippen LogP contribution in [0.5, 0.6) is 5.75 Å². The predicted molar refractivity (Wildman–Crippen MR) is 99.3 cm³/mol. The highest BCUT2D eigenvalue weighted by atomic mass is 32.2. The molecule has 0 bridgehead atoms. The molecule has 1 aliphatic rings. The quantitative estimate of drug-likeness (QED) is 0.799. The normalized spacial score (nSPS) is 18.3. The fraction of sp³-hybridized carbons (Fsp3) is 0.500. The van der Waals surface area contributed by atoms with E-state index in [1.54, 1.807) is 7.11 Å². The van der Waals surface area contributed by atoms with E-state index in [0.717, 1.165) is 42.6 Å². The third kappa shape index (κ3) is 4.29. The second kappa shape index (κ2) is 8.12. The van der Waals surface area contributed by atoms with Crippen molar-refractivity contribution < 1.29 is 13.5 Å². The molecule has 0 aliphatic carbocycles. The lowest BCUT2D eigenvalue weighted by Crippen LogP contribution is -2.38. The number of ether oxygens (including phenoxy) is 1. The van der Waals surface area contributed by atoms with Gasteiger partial charge < -0.3 is 14.2 Å². The number of piperidine rings is 1. The predicted octanol–water partition coefficient (Wildman–Crippen LogP) is 2.48. The van der Waals surface area contributed by atoms with Crippen molar-refractivity contribution in [3.05, 3.63) is 30.5 Å². The fourth-order valence-corrected chi connectivity index (χ4v) is 3.99. The molecule has 136 valence electrons. The summed E-state index contributed by atoms with van der Waals surface area (Å²) in [6.45, 7) is 4.58. The smallest absolute Gasteiger partial charge is 0.121 e. The molecule has 1 aliphatic heterocycles. The molecule has 2 atom stereocenters. The van der Waals surface area contributed by atoms with Gasteiger partial charge in [0, 0.05) is 54.2 Å². The number of aromatic nitrogens is 1. The molecule has 25 heavy (non-hydrogen) atoms. The highest BCUT2D eigenvalue weighted by Gasteiger charge is 2.24. The van der Waals surface area contributed by atoms with Crippen LogP contribution in [0.4, 0.5) is 5.69 Å². The molecule has 3 rings (SSSR count). The van der Waals surface area contributed by atoms with Gasteiger partial charge in [0.15, 0.2) is 0 Å². The SMILES string of the molecule is COc1ccc2c(N3CCC(C(C)CNS(=O)[O-])CC3)ccnc2c1. The van der Waals surface area contributed by atoms with Crippen molar-refractivity contribution in [1.29, 1.82) is 0 Å². The molecule has 1 saturated heterocycles. The zero-order valence-corrected chi connectivity index (χ0v) is 15.4. The number of hydrogen-bond donors (Lipinski definition) is 1. The van der Waals surface area contributed by atoms with Gasteiger partial charge in [-0.1, -0.05) is 6.92 Å². The topological polar surface area (TPSA) is 77.5 Å². The standard InChI is InChI=1S/C18H25N3O3S/c1-13(12-20-25(22)23)14-6-9-21(10-7-14)18-5-8-19-17-11-15(24-2)3-4-16(17)18/h3-5,8,11,13-14,20H,6-7,9-10,12H2,1-2H3,(H,22,23)/p-1. The van der Waals surface area contributed by atoms with Crippen LogP contribution in [0.15, 0.2) is 30.5 Å². The van der Waals surface area contributed by atoms with Crippen LogP contribution in [0, 0.1) is 11.8 Å². The van der Waals surface area contributed by atoms with Gasteiger partial charge in [-0.05, 0) is 42.9 Å². The summed E-state index contributed by atoms with van der Waals surface area (Å²) < 4.78 is 29.1. The number of hydrogen-bond acceptors (Lipinski definition) is 5. The van der Waals surface area contributed by atoms with E-state index in [9.17, 15) is 8.76 Å². The molecule has 0 saturated carbocycles. The van der Waals surface area contributed by atoms with Gasteiger partial charge in [0.05, 0.1) is 12.6 Å². The number of pyridine rings is 1. The van der Waals surface area contributed by atoms with Crippen LogP contribution in [0.25, 0.3) is 10.9 Å². The first-order valence-corrected chi connectivity index (χ1v) is 9.66. The van der Waals surface area contributed by atoms with Crippen LogP contribution in [-0.2, 0) is 11.3 Å². The number of nitrogens with zero attached hydrogens (tertiary/aromatic N) is 2. The van der Waals surface area contributed by atoms with Crippen molar-refractivity contribution in [2.75, 3.05) is 31.6 Å². The number of anilines is 1. The van der Waals surface area contributed by atoms with Crippen LogP contribution < -0.4 is 14.4 Å². The van der Waals surface area contributed by atoms with Gasteiger partial charge in [0.2, 0.25) is 0 Å². The molecule has 6 nitrogen and oxygen atoms in total. The third-order valence-corrected chi connectivity index (χ3v) is 5.54. The molecule has 2 unspecified atom stereocenters. The second-order valence-corrected chi connectivity index (χ2v) is 7.36. The largest absolute Gasteiger partial charge is 0.760 e. The Kier molecular flexibility index (Phi) is 5.88. The summed E-state index contributed by atoms with van der Waals surface area (Å²) in [5.41, 5.74) is 2.15. The summed E-state index contributed by atoms with van der Waals surface area (Å²) in [7, 11) is 1.66. The van der Waals surface area contributed by atoms with Crippen molar-refractivity contribution in [3.8, 4) is 5.75 Å². The lowest BCUT2D eigenvalue weighted by atomic mass is 9.85. The molecule has 2 aromatic rings. The average molecular weight is 362 g/mol.